The van der Waals surface area contributed by atoms with E-state index in [0.717, 1.165) is 44.7 Å². The highest BCUT2D eigenvalue weighted by Gasteiger charge is 2.10. The molecule has 0 aliphatic carbocycles. The highest BCUT2D eigenvalue weighted by Crippen LogP contribution is 2.13. The summed E-state index contributed by atoms with van der Waals surface area (Å²) in [5.41, 5.74) is 1.47. The van der Waals surface area contributed by atoms with Gasteiger partial charge in [0.1, 0.15) is 0 Å². The number of anilines is 1. The Morgan fingerprint density at radius 2 is 2.00 bits per heavy atom. The summed E-state index contributed by atoms with van der Waals surface area (Å²) in [6, 6.07) is 1.76. The molecule has 0 radical (unpaired) electrons. The van der Waals surface area contributed by atoms with Crippen LogP contribution in [0.1, 0.15) is 44.0 Å². The third-order valence-corrected chi connectivity index (χ3v) is 3.46. The Morgan fingerprint density at radius 1 is 1.24 bits per heavy atom. The number of rotatable bonds is 10. The summed E-state index contributed by atoms with van der Waals surface area (Å²) in [5.74, 6) is -0.0319. The van der Waals surface area contributed by atoms with Crippen molar-refractivity contribution in [2.75, 3.05) is 38.0 Å². The summed E-state index contributed by atoms with van der Waals surface area (Å²) in [4.78, 5) is 18.6. The standard InChI is InChI=1S/C16H28N4O/c1-4-9-18-15-13-17-11-8-14(15)16(21)19-10-7-12-20(5-2)6-3/h8,11,13,18H,4-7,9-10,12H2,1-3H3,(H,19,21). The molecule has 2 N–H and O–H groups in total. The molecule has 1 rings (SSSR count). The Kier molecular flexibility index (Phi) is 8.43. The molecular formula is C16H28N4O. The van der Waals surface area contributed by atoms with E-state index in [-0.39, 0.29) is 5.91 Å². The van der Waals surface area contributed by atoms with Gasteiger partial charge in [-0.1, -0.05) is 20.8 Å². The molecule has 0 fully saturated rings. The molecule has 5 nitrogen and oxygen atoms in total. The Morgan fingerprint density at radius 3 is 2.67 bits per heavy atom. The molecule has 0 aliphatic rings. The van der Waals surface area contributed by atoms with Gasteiger partial charge in [-0.05, 0) is 38.5 Å². The van der Waals surface area contributed by atoms with Crippen molar-refractivity contribution in [1.29, 1.82) is 0 Å². The fraction of sp³-hybridized carbons (Fsp3) is 0.625. The minimum atomic E-state index is -0.0319. The lowest BCUT2D eigenvalue weighted by atomic mass is 10.2. The lowest BCUT2D eigenvalue weighted by molar-refractivity contribution is 0.0952. The number of hydrogen-bond donors (Lipinski definition) is 2. The summed E-state index contributed by atoms with van der Waals surface area (Å²) < 4.78 is 0. The molecule has 0 saturated carbocycles. The van der Waals surface area contributed by atoms with Crippen LogP contribution in [0.2, 0.25) is 0 Å². The molecule has 0 aliphatic heterocycles. The maximum atomic E-state index is 12.2. The first-order chi connectivity index (χ1) is 10.2. The van der Waals surface area contributed by atoms with Crippen molar-refractivity contribution in [3.8, 4) is 0 Å². The van der Waals surface area contributed by atoms with Crippen molar-refractivity contribution in [3.63, 3.8) is 0 Å². The van der Waals surface area contributed by atoms with Gasteiger partial charge in [-0.2, -0.15) is 0 Å². The zero-order valence-electron chi connectivity index (χ0n) is 13.5. The first-order valence-corrected chi connectivity index (χ1v) is 7.91. The molecule has 0 spiro atoms. The van der Waals surface area contributed by atoms with Gasteiger partial charge in [0.15, 0.2) is 0 Å². The molecule has 0 saturated heterocycles. The van der Waals surface area contributed by atoms with Crippen molar-refractivity contribution in [1.82, 2.24) is 15.2 Å². The predicted molar refractivity (Wildman–Crippen MR) is 87.8 cm³/mol. The molecule has 5 heteroatoms. The molecular weight excluding hydrogens is 264 g/mol. The van der Waals surface area contributed by atoms with E-state index in [4.69, 9.17) is 0 Å². The molecule has 118 valence electrons. The molecule has 1 amide bonds. The number of pyridine rings is 1. The van der Waals surface area contributed by atoms with E-state index in [1.165, 1.54) is 0 Å². The third-order valence-electron chi connectivity index (χ3n) is 3.46. The van der Waals surface area contributed by atoms with Gasteiger partial charge in [-0.25, -0.2) is 0 Å². The van der Waals surface area contributed by atoms with E-state index in [0.29, 0.717) is 12.1 Å². The van der Waals surface area contributed by atoms with E-state index in [1.54, 1.807) is 18.5 Å². The predicted octanol–water partition coefficient (Wildman–Crippen LogP) is 2.37. The smallest absolute Gasteiger partial charge is 0.253 e. The average Bonchev–Trinajstić information content (AvgIpc) is 2.53. The maximum absolute atomic E-state index is 12.2. The highest BCUT2D eigenvalue weighted by atomic mass is 16.1. The van der Waals surface area contributed by atoms with Gasteiger partial charge >= 0.3 is 0 Å². The number of aromatic nitrogens is 1. The average molecular weight is 292 g/mol. The quantitative estimate of drug-likeness (QED) is 0.650. The molecule has 0 atom stereocenters. The minimum Gasteiger partial charge on any atom is -0.383 e. The summed E-state index contributed by atoms with van der Waals surface area (Å²) in [5, 5.41) is 6.23. The van der Waals surface area contributed by atoms with Crippen LogP contribution in [0.3, 0.4) is 0 Å². The topological polar surface area (TPSA) is 57.3 Å². The number of carbonyl (C=O) groups is 1. The van der Waals surface area contributed by atoms with Crippen LogP contribution in [0.4, 0.5) is 5.69 Å². The van der Waals surface area contributed by atoms with Gasteiger partial charge in [-0.15, -0.1) is 0 Å². The second-order valence-electron chi connectivity index (χ2n) is 4.98. The molecule has 1 heterocycles. The van der Waals surface area contributed by atoms with E-state index in [9.17, 15) is 4.79 Å². The van der Waals surface area contributed by atoms with Crippen molar-refractivity contribution in [2.24, 2.45) is 0 Å². The van der Waals surface area contributed by atoms with Gasteiger partial charge in [0.2, 0.25) is 0 Å². The fourth-order valence-corrected chi connectivity index (χ4v) is 2.13. The Bertz CT molecular complexity index is 418. The number of amides is 1. The van der Waals surface area contributed by atoms with E-state index in [2.05, 4.69) is 41.3 Å². The minimum absolute atomic E-state index is 0.0319. The van der Waals surface area contributed by atoms with E-state index >= 15 is 0 Å². The normalized spacial score (nSPS) is 10.7. The van der Waals surface area contributed by atoms with Gasteiger partial charge < -0.3 is 15.5 Å². The van der Waals surface area contributed by atoms with Gasteiger partial charge in [0, 0.05) is 19.3 Å². The van der Waals surface area contributed by atoms with Crippen LogP contribution in [0.15, 0.2) is 18.5 Å². The van der Waals surface area contributed by atoms with Gasteiger partial charge in [0.25, 0.3) is 5.91 Å². The monoisotopic (exact) mass is 292 g/mol. The van der Waals surface area contributed by atoms with Crippen LogP contribution in [0.25, 0.3) is 0 Å². The number of hydrogen-bond acceptors (Lipinski definition) is 4. The van der Waals surface area contributed by atoms with Crippen molar-refractivity contribution < 1.29 is 4.79 Å². The Balaban J connectivity index is 2.44. The van der Waals surface area contributed by atoms with E-state index in [1.807, 2.05) is 0 Å². The number of nitrogens with zero attached hydrogens (tertiary/aromatic N) is 2. The van der Waals surface area contributed by atoms with Crippen LogP contribution in [-0.2, 0) is 0 Å². The molecule has 1 aromatic heterocycles. The zero-order chi connectivity index (χ0) is 15.5. The van der Waals surface area contributed by atoms with Crippen LogP contribution in [0.5, 0.6) is 0 Å². The zero-order valence-corrected chi connectivity index (χ0v) is 13.5. The first-order valence-electron chi connectivity index (χ1n) is 7.91. The van der Waals surface area contributed by atoms with Crippen LogP contribution in [0, 0.1) is 0 Å². The first kappa shape index (κ1) is 17.4. The summed E-state index contributed by atoms with van der Waals surface area (Å²) in [7, 11) is 0. The summed E-state index contributed by atoms with van der Waals surface area (Å²) in [6.07, 6.45) is 5.35. The van der Waals surface area contributed by atoms with Crippen LogP contribution >= 0.6 is 0 Å². The number of nitrogens with one attached hydrogen (secondary N) is 2. The molecule has 1 aromatic rings. The highest BCUT2D eigenvalue weighted by molar-refractivity contribution is 5.99. The van der Waals surface area contributed by atoms with Gasteiger partial charge in [-0.3, -0.25) is 9.78 Å². The van der Waals surface area contributed by atoms with Crippen molar-refractivity contribution in [2.45, 2.75) is 33.6 Å². The Labute approximate surface area is 128 Å². The van der Waals surface area contributed by atoms with Crippen molar-refractivity contribution in [3.05, 3.63) is 24.0 Å². The van der Waals surface area contributed by atoms with Gasteiger partial charge in [0.05, 0.1) is 17.4 Å². The third kappa shape index (κ3) is 6.12. The molecule has 0 bridgehead atoms. The Hall–Kier alpha value is -1.62. The lowest BCUT2D eigenvalue weighted by Crippen LogP contribution is -2.30. The SMILES string of the molecule is CCCNc1cnccc1C(=O)NCCCN(CC)CC. The van der Waals surface area contributed by atoms with Crippen LogP contribution < -0.4 is 10.6 Å². The second-order valence-corrected chi connectivity index (χ2v) is 4.98. The molecule has 0 unspecified atom stereocenters. The maximum Gasteiger partial charge on any atom is 0.253 e. The molecule has 0 aromatic carbocycles. The van der Waals surface area contributed by atoms with Crippen LogP contribution in [-0.4, -0.2) is 48.5 Å². The van der Waals surface area contributed by atoms with Crippen molar-refractivity contribution >= 4 is 11.6 Å². The molecule has 21 heavy (non-hydrogen) atoms. The number of carbonyl (C=O) groups excluding carboxylic acids is 1. The fourth-order valence-electron chi connectivity index (χ4n) is 2.13. The second kappa shape index (κ2) is 10.2. The van der Waals surface area contributed by atoms with E-state index < -0.39 is 0 Å². The lowest BCUT2D eigenvalue weighted by Gasteiger charge is -2.18. The largest absolute Gasteiger partial charge is 0.383 e. The summed E-state index contributed by atoms with van der Waals surface area (Å²) >= 11 is 0. The summed E-state index contributed by atoms with van der Waals surface area (Å²) in [6.45, 7) is 11.1.